The molecule has 0 aliphatic rings. The minimum Gasteiger partial charge on any atom is -0.456 e. The van der Waals surface area contributed by atoms with Gasteiger partial charge < -0.3 is 4.74 Å². The van der Waals surface area contributed by atoms with E-state index in [-0.39, 0.29) is 63.5 Å². The Morgan fingerprint density at radius 3 is 2.05 bits per heavy atom. The summed E-state index contributed by atoms with van der Waals surface area (Å²) in [6.45, 7) is 0.570. The van der Waals surface area contributed by atoms with Gasteiger partial charge in [-0.1, -0.05) is 36.4 Å². The smallest absolute Gasteiger partial charge is 0.373 e. The van der Waals surface area contributed by atoms with Crippen LogP contribution in [0, 0.1) is 0 Å². The highest BCUT2D eigenvalue weighted by molar-refractivity contribution is 8.93. The van der Waals surface area contributed by atoms with Gasteiger partial charge >= 0.3 is 5.97 Å². The first kappa shape index (κ1) is 21.6. The van der Waals surface area contributed by atoms with E-state index in [9.17, 15) is 4.79 Å². The van der Waals surface area contributed by atoms with Gasteiger partial charge in [0.05, 0.1) is 0 Å². The summed E-state index contributed by atoms with van der Waals surface area (Å²) in [7, 11) is 0. The third kappa shape index (κ3) is 7.77. The third-order valence-corrected chi connectivity index (χ3v) is 2.33. The van der Waals surface area contributed by atoms with Crippen LogP contribution < -0.4 is 4.57 Å². The fourth-order valence-electron chi connectivity index (χ4n) is 1.47. The number of ether oxygens (including phenoxy) is 1. The first-order chi connectivity index (χ1) is 8.34. The predicted molar refractivity (Wildman–Crippen MR) is 93.8 cm³/mol. The molecule has 1 aromatic carbocycles. The van der Waals surface area contributed by atoms with E-state index in [4.69, 9.17) is 4.74 Å². The molecule has 20 heavy (non-hydrogen) atoms. The molecule has 0 spiro atoms. The standard InChI is InChI=1S/C14H14NO2.3BrH/c16-14(11-15-9-5-2-6-10-15)17-12-13-7-3-1-4-8-13;;;/h1-10H,11-12H2;3*1H/q+1;;;. The number of aromatic nitrogens is 1. The molecule has 2 rings (SSSR count). The normalized spacial score (nSPS) is 8.40. The summed E-state index contributed by atoms with van der Waals surface area (Å²) in [5.41, 5.74) is 0.999. The lowest BCUT2D eigenvalue weighted by atomic mass is 10.2. The van der Waals surface area contributed by atoms with Gasteiger partial charge in [0.1, 0.15) is 6.61 Å². The van der Waals surface area contributed by atoms with Gasteiger partial charge in [-0.05, 0) is 5.56 Å². The van der Waals surface area contributed by atoms with Crippen LogP contribution in [0.2, 0.25) is 0 Å². The first-order valence-corrected chi connectivity index (χ1v) is 5.48. The summed E-state index contributed by atoms with van der Waals surface area (Å²) in [6.07, 6.45) is 3.67. The summed E-state index contributed by atoms with van der Waals surface area (Å²) in [5, 5.41) is 0. The molecule has 0 N–H and O–H groups in total. The Morgan fingerprint density at radius 1 is 0.900 bits per heavy atom. The minimum atomic E-state index is -0.231. The Balaban J connectivity index is 0. The van der Waals surface area contributed by atoms with Crippen LogP contribution >= 0.6 is 50.9 Å². The summed E-state index contributed by atoms with van der Waals surface area (Å²) < 4.78 is 6.96. The van der Waals surface area contributed by atoms with E-state index in [1.165, 1.54) is 0 Å². The van der Waals surface area contributed by atoms with Crippen LogP contribution in [0.5, 0.6) is 0 Å². The number of hydrogen-bond donors (Lipinski definition) is 0. The molecule has 0 aliphatic carbocycles. The lowest BCUT2D eigenvalue weighted by Gasteiger charge is -2.02. The number of halogens is 3. The van der Waals surface area contributed by atoms with Gasteiger partial charge in [0.15, 0.2) is 12.4 Å². The molecule has 2 aromatic rings. The van der Waals surface area contributed by atoms with Crippen LogP contribution in [0.3, 0.4) is 0 Å². The number of rotatable bonds is 4. The number of carbonyl (C=O) groups excluding carboxylic acids is 1. The van der Waals surface area contributed by atoms with Crippen molar-refractivity contribution in [1.82, 2.24) is 0 Å². The Hall–Kier alpha value is -0.720. The second kappa shape index (κ2) is 12.1. The van der Waals surface area contributed by atoms with Crippen molar-refractivity contribution in [2.75, 3.05) is 0 Å². The number of esters is 1. The fourth-order valence-corrected chi connectivity index (χ4v) is 1.47. The van der Waals surface area contributed by atoms with E-state index >= 15 is 0 Å². The molecule has 0 saturated carbocycles. The van der Waals surface area contributed by atoms with Crippen molar-refractivity contribution < 1.29 is 14.1 Å². The molecule has 0 unspecified atom stereocenters. The van der Waals surface area contributed by atoms with Gasteiger partial charge in [-0.15, -0.1) is 50.9 Å². The average molecular weight is 471 g/mol. The Bertz CT molecular complexity index is 480. The predicted octanol–water partition coefficient (Wildman–Crippen LogP) is 3.45. The molecule has 0 bridgehead atoms. The van der Waals surface area contributed by atoms with Gasteiger partial charge in [0.25, 0.3) is 0 Å². The minimum absolute atomic E-state index is 0. The maximum atomic E-state index is 11.5. The Kier molecular flexibility index (Phi) is 13.0. The summed E-state index contributed by atoms with van der Waals surface area (Å²) >= 11 is 0. The van der Waals surface area contributed by atoms with Crippen LogP contribution in [-0.4, -0.2) is 5.97 Å². The van der Waals surface area contributed by atoms with Crippen molar-refractivity contribution in [2.24, 2.45) is 0 Å². The quantitative estimate of drug-likeness (QED) is 0.506. The second-order valence-corrected chi connectivity index (χ2v) is 3.69. The number of carbonyl (C=O) groups is 1. The first-order valence-electron chi connectivity index (χ1n) is 5.48. The molecular weight excluding hydrogens is 454 g/mol. The van der Waals surface area contributed by atoms with E-state index in [1.54, 1.807) is 4.57 Å². The zero-order valence-electron chi connectivity index (χ0n) is 10.7. The molecule has 0 atom stereocenters. The van der Waals surface area contributed by atoms with Crippen LogP contribution in [0.1, 0.15) is 5.56 Å². The van der Waals surface area contributed by atoms with Gasteiger partial charge in [0, 0.05) is 12.1 Å². The lowest BCUT2D eigenvalue weighted by Crippen LogP contribution is -2.37. The zero-order valence-corrected chi connectivity index (χ0v) is 15.8. The van der Waals surface area contributed by atoms with Crippen molar-refractivity contribution in [3.8, 4) is 0 Å². The maximum absolute atomic E-state index is 11.5. The molecule has 0 radical (unpaired) electrons. The van der Waals surface area contributed by atoms with E-state index in [0.717, 1.165) is 5.56 Å². The van der Waals surface area contributed by atoms with Crippen molar-refractivity contribution in [3.05, 3.63) is 66.5 Å². The van der Waals surface area contributed by atoms with Crippen molar-refractivity contribution >= 4 is 56.9 Å². The topological polar surface area (TPSA) is 30.2 Å². The molecule has 1 aromatic heterocycles. The molecule has 1 heterocycles. The van der Waals surface area contributed by atoms with Crippen LogP contribution in [0.15, 0.2) is 60.9 Å². The molecule has 0 aliphatic heterocycles. The molecule has 0 fully saturated rings. The van der Waals surface area contributed by atoms with Gasteiger partial charge in [-0.25, -0.2) is 4.79 Å². The average Bonchev–Trinajstić information content (AvgIpc) is 2.39. The second-order valence-electron chi connectivity index (χ2n) is 3.69. The van der Waals surface area contributed by atoms with Crippen LogP contribution in [0.25, 0.3) is 0 Å². The zero-order chi connectivity index (χ0) is 11.9. The highest BCUT2D eigenvalue weighted by Gasteiger charge is 2.09. The highest BCUT2D eigenvalue weighted by Crippen LogP contribution is 2.00. The number of benzene rings is 1. The number of pyridine rings is 1. The van der Waals surface area contributed by atoms with Gasteiger partial charge in [-0.3, -0.25) is 0 Å². The summed E-state index contributed by atoms with van der Waals surface area (Å²) in [4.78, 5) is 11.5. The molecule has 0 saturated heterocycles. The molecular formula is C14H17Br3NO2+. The largest absolute Gasteiger partial charge is 0.456 e. The van der Waals surface area contributed by atoms with Gasteiger partial charge in [-0.2, -0.15) is 4.57 Å². The van der Waals surface area contributed by atoms with E-state index < -0.39 is 0 Å². The van der Waals surface area contributed by atoms with Crippen molar-refractivity contribution in [1.29, 1.82) is 0 Å². The Morgan fingerprint density at radius 2 is 1.45 bits per heavy atom. The van der Waals surface area contributed by atoms with Crippen LogP contribution in [-0.2, 0) is 22.7 Å². The number of nitrogens with zero attached hydrogens (tertiary/aromatic N) is 1. The van der Waals surface area contributed by atoms with Gasteiger partial charge in [0.2, 0.25) is 6.54 Å². The SMILES string of the molecule is Br.Br.Br.O=C(C[n+]1ccccc1)OCc1ccccc1. The molecule has 6 heteroatoms. The monoisotopic (exact) mass is 468 g/mol. The highest BCUT2D eigenvalue weighted by atomic mass is 79.9. The third-order valence-electron chi connectivity index (χ3n) is 2.33. The van der Waals surface area contributed by atoms with Crippen molar-refractivity contribution in [2.45, 2.75) is 13.2 Å². The summed E-state index contributed by atoms with van der Waals surface area (Å²) in [6, 6.07) is 15.3. The van der Waals surface area contributed by atoms with Crippen LogP contribution in [0.4, 0.5) is 0 Å². The molecule has 0 amide bonds. The van der Waals surface area contributed by atoms with Crippen molar-refractivity contribution in [3.63, 3.8) is 0 Å². The maximum Gasteiger partial charge on any atom is 0.373 e. The molecule has 3 nitrogen and oxygen atoms in total. The molecule has 110 valence electrons. The number of hydrogen-bond acceptors (Lipinski definition) is 2. The van der Waals surface area contributed by atoms with E-state index in [2.05, 4.69) is 0 Å². The van der Waals surface area contributed by atoms with E-state index in [0.29, 0.717) is 6.61 Å². The van der Waals surface area contributed by atoms with E-state index in [1.807, 2.05) is 60.9 Å². The summed E-state index contributed by atoms with van der Waals surface area (Å²) in [5.74, 6) is -0.231. The fraction of sp³-hybridized carbons (Fsp3) is 0.143. The Labute approximate surface area is 150 Å². The lowest BCUT2D eigenvalue weighted by molar-refractivity contribution is -0.686.